The number of nitrogens with two attached hydrogens (primary N) is 1. The minimum absolute atomic E-state index is 0.237. The average Bonchev–Trinajstić information content (AvgIpc) is 2.38. The molecule has 0 bridgehead atoms. The molecule has 0 aromatic heterocycles. The fourth-order valence-corrected chi connectivity index (χ4v) is 2.53. The number of nitrogens with zero attached hydrogens (tertiary/aromatic N) is 3. The molecule has 1 unspecified atom stereocenters. The Morgan fingerprint density at radius 2 is 2.17 bits per heavy atom. The lowest BCUT2D eigenvalue weighted by Crippen LogP contribution is -2.43. The molecule has 0 aromatic carbocycles. The first-order valence-electron chi connectivity index (χ1n) is 6.77. The molecule has 1 rings (SSSR count). The fraction of sp³-hybridized carbons (Fsp3) is 0.917. The number of nitrogens with one attached hydrogen (secondary N) is 1. The third-order valence-corrected chi connectivity index (χ3v) is 3.53. The third kappa shape index (κ3) is 5.89. The zero-order chi connectivity index (χ0) is 13.2. The van der Waals surface area contributed by atoms with E-state index in [1.54, 1.807) is 0 Å². The van der Waals surface area contributed by atoms with E-state index in [0.29, 0.717) is 19.0 Å². The second-order valence-corrected chi connectivity index (χ2v) is 4.96. The van der Waals surface area contributed by atoms with E-state index in [2.05, 4.69) is 15.3 Å². The molecule has 6 nitrogen and oxygen atoms in total. The van der Waals surface area contributed by atoms with E-state index < -0.39 is 0 Å². The first kappa shape index (κ1) is 14.8. The van der Waals surface area contributed by atoms with Gasteiger partial charge >= 0.3 is 0 Å². The standard InChI is InChI=1S/C12H23N5O/c13-12(18)11(15-7-4-8-16-17-14)9-10-5-2-1-3-6-10/h10-11,15H,1-9H2,(H2,13,18). The number of amides is 1. The van der Waals surface area contributed by atoms with Crippen LogP contribution in [0, 0.1) is 5.92 Å². The highest BCUT2D eigenvalue weighted by Gasteiger charge is 2.21. The van der Waals surface area contributed by atoms with Crippen LogP contribution in [0.5, 0.6) is 0 Å². The van der Waals surface area contributed by atoms with E-state index in [0.717, 1.165) is 12.8 Å². The third-order valence-electron chi connectivity index (χ3n) is 3.53. The lowest BCUT2D eigenvalue weighted by atomic mass is 9.84. The molecule has 1 amide bonds. The van der Waals surface area contributed by atoms with Crippen molar-refractivity contribution in [3.63, 3.8) is 0 Å². The second kappa shape index (κ2) is 8.78. The van der Waals surface area contributed by atoms with Crippen LogP contribution < -0.4 is 11.1 Å². The Kier molecular flexibility index (Phi) is 7.22. The van der Waals surface area contributed by atoms with Gasteiger partial charge in [-0.2, -0.15) is 0 Å². The van der Waals surface area contributed by atoms with Crippen molar-refractivity contribution >= 4 is 5.91 Å². The Morgan fingerprint density at radius 3 is 2.78 bits per heavy atom. The Balaban J connectivity index is 2.25. The predicted molar refractivity (Wildman–Crippen MR) is 70.8 cm³/mol. The summed E-state index contributed by atoms with van der Waals surface area (Å²) < 4.78 is 0. The SMILES string of the molecule is [N-]=[N+]=NCCCNC(CC1CCCCC1)C(N)=O. The van der Waals surface area contributed by atoms with Gasteiger partial charge in [0.15, 0.2) is 0 Å². The molecule has 0 radical (unpaired) electrons. The number of primary amides is 1. The highest BCUT2D eigenvalue weighted by Crippen LogP contribution is 2.27. The van der Waals surface area contributed by atoms with Crippen molar-refractivity contribution in [1.29, 1.82) is 0 Å². The van der Waals surface area contributed by atoms with Gasteiger partial charge in [0.05, 0.1) is 6.04 Å². The second-order valence-electron chi connectivity index (χ2n) is 4.96. The molecule has 1 saturated carbocycles. The Hall–Kier alpha value is -1.26. The number of rotatable bonds is 8. The molecule has 3 N–H and O–H groups in total. The molecule has 1 atom stereocenters. The van der Waals surface area contributed by atoms with Gasteiger partial charge in [0.1, 0.15) is 0 Å². The smallest absolute Gasteiger partial charge is 0.234 e. The largest absolute Gasteiger partial charge is 0.368 e. The van der Waals surface area contributed by atoms with Gasteiger partial charge in [-0.25, -0.2) is 0 Å². The number of hydrogen-bond donors (Lipinski definition) is 2. The van der Waals surface area contributed by atoms with Gasteiger partial charge in [-0.15, -0.1) is 0 Å². The topological polar surface area (TPSA) is 104 Å². The zero-order valence-electron chi connectivity index (χ0n) is 10.8. The number of carbonyl (C=O) groups is 1. The van der Waals surface area contributed by atoms with Gasteiger partial charge in [-0.3, -0.25) is 4.79 Å². The number of carbonyl (C=O) groups excluding carboxylic acids is 1. The summed E-state index contributed by atoms with van der Waals surface area (Å²) in [7, 11) is 0. The quantitative estimate of drug-likeness (QED) is 0.299. The Morgan fingerprint density at radius 1 is 1.44 bits per heavy atom. The van der Waals surface area contributed by atoms with Gasteiger partial charge < -0.3 is 11.1 Å². The highest BCUT2D eigenvalue weighted by atomic mass is 16.1. The van der Waals surface area contributed by atoms with E-state index in [-0.39, 0.29) is 11.9 Å². The molecular weight excluding hydrogens is 230 g/mol. The molecule has 0 aromatic rings. The van der Waals surface area contributed by atoms with Crippen LogP contribution in [-0.2, 0) is 4.79 Å². The first-order valence-corrected chi connectivity index (χ1v) is 6.77. The van der Waals surface area contributed by atoms with Crippen molar-refractivity contribution in [3.8, 4) is 0 Å². The maximum absolute atomic E-state index is 11.4. The Labute approximate surface area is 108 Å². The zero-order valence-corrected chi connectivity index (χ0v) is 10.8. The minimum atomic E-state index is -0.274. The van der Waals surface area contributed by atoms with Gasteiger partial charge in [0.25, 0.3) is 0 Å². The molecule has 1 fully saturated rings. The first-order chi connectivity index (χ1) is 8.74. The van der Waals surface area contributed by atoms with Crippen LogP contribution in [0.15, 0.2) is 5.11 Å². The summed E-state index contributed by atoms with van der Waals surface area (Å²) in [6, 6.07) is -0.237. The van der Waals surface area contributed by atoms with Gasteiger partial charge in [0, 0.05) is 11.5 Å². The molecule has 1 aliphatic carbocycles. The lowest BCUT2D eigenvalue weighted by molar-refractivity contribution is -0.120. The van der Waals surface area contributed by atoms with Crippen molar-refractivity contribution in [1.82, 2.24) is 5.32 Å². The molecule has 0 aliphatic heterocycles. The number of azide groups is 1. The van der Waals surface area contributed by atoms with Gasteiger partial charge in [0.2, 0.25) is 5.91 Å². The summed E-state index contributed by atoms with van der Waals surface area (Å²) in [5.74, 6) is 0.352. The maximum atomic E-state index is 11.4. The van der Waals surface area contributed by atoms with E-state index in [1.165, 1.54) is 32.1 Å². The summed E-state index contributed by atoms with van der Waals surface area (Å²) in [6.45, 7) is 1.12. The summed E-state index contributed by atoms with van der Waals surface area (Å²) in [5, 5.41) is 6.62. The fourth-order valence-electron chi connectivity index (χ4n) is 2.53. The Bertz CT molecular complexity index is 295. The molecule has 0 heterocycles. The molecule has 0 saturated heterocycles. The van der Waals surface area contributed by atoms with Crippen molar-refractivity contribution in [2.24, 2.45) is 16.8 Å². The predicted octanol–water partition coefficient (Wildman–Crippen LogP) is 2.10. The van der Waals surface area contributed by atoms with Gasteiger partial charge in [-0.1, -0.05) is 37.2 Å². The molecule has 18 heavy (non-hydrogen) atoms. The summed E-state index contributed by atoms with van der Waals surface area (Å²) in [6.07, 6.45) is 7.86. The number of hydrogen-bond acceptors (Lipinski definition) is 3. The van der Waals surface area contributed by atoms with Crippen LogP contribution in [0.1, 0.15) is 44.9 Å². The average molecular weight is 253 g/mol. The molecule has 1 aliphatic rings. The highest BCUT2D eigenvalue weighted by molar-refractivity contribution is 5.79. The normalized spacial score (nSPS) is 18.0. The van der Waals surface area contributed by atoms with Crippen LogP contribution in [0.3, 0.4) is 0 Å². The van der Waals surface area contributed by atoms with Crippen molar-refractivity contribution in [3.05, 3.63) is 10.4 Å². The van der Waals surface area contributed by atoms with E-state index >= 15 is 0 Å². The van der Waals surface area contributed by atoms with E-state index in [9.17, 15) is 4.79 Å². The molecule has 6 heteroatoms. The lowest BCUT2D eigenvalue weighted by Gasteiger charge is -2.25. The minimum Gasteiger partial charge on any atom is -0.368 e. The molecule has 0 spiro atoms. The van der Waals surface area contributed by atoms with Crippen LogP contribution in [0.25, 0.3) is 10.4 Å². The van der Waals surface area contributed by atoms with E-state index in [4.69, 9.17) is 11.3 Å². The van der Waals surface area contributed by atoms with Crippen molar-refractivity contribution < 1.29 is 4.79 Å². The van der Waals surface area contributed by atoms with Crippen molar-refractivity contribution in [2.75, 3.05) is 13.1 Å². The van der Waals surface area contributed by atoms with Crippen LogP contribution >= 0.6 is 0 Å². The van der Waals surface area contributed by atoms with Crippen LogP contribution in [0.2, 0.25) is 0 Å². The monoisotopic (exact) mass is 253 g/mol. The van der Waals surface area contributed by atoms with E-state index in [1.807, 2.05) is 0 Å². The summed E-state index contributed by atoms with van der Waals surface area (Å²) in [5.41, 5.74) is 13.6. The van der Waals surface area contributed by atoms with Crippen LogP contribution in [-0.4, -0.2) is 25.0 Å². The maximum Gasteiger partial charge on any atom is 0.234 e. The molecule has 102 valence electrons. The summed E-state index contributed by atoms with van der Waals surface area (Å²) in [4.78, 5) is 14.1. The molecular formula is C12H23N5O. The summed E-state index contributed by atoms with van der Waals surface area (Å²) >= 11 is 0. The van der Waals surface area contributed by atoms with Gasteiger partial charge in [-0.05, 0) is 30.8 Å². The van der Waals surface area contributed by atoms with Crippen molar-refractivity contribution in [2.45, 2.75) is 51.0 Å². The van der Waals surface area contributed by atoms with Crippen LogP contribution in [0.4, 0.5) is 0 Å².